The maximum absolute atomic E-state index is 13.2. The Hall–Kier alpha value is -1.68. The zero-order chi connectivity index (χ0) is 20.6. The van der Waals surface area contributed by atoms with E-state index >= 15 is 0 Å². The first-order valence-corrected chi connectivity index (χ1v) is 11.8. The molecule has 160 valence electrons. The second-order valence-electron chi connectivity index (χ2n) is 8.41. The summed E-state index contributed by atoms with van der Waals surface area (Å²) in [6, 6.07) is 6.96. The molecule has 2 saturated heterocycles. The minimum Gasteiger partial charge on any atom is -0.492 e. The zero-order valence-electron chi connectivity index (χ0n) is 17.1. The van der Waals surface area contributed by atoms with Crippen molar-refractivity contribution in [3.8, 4) is 5.75 Å². The molecular formula is C20H30N4O4S. The first kappa shape index (κ1) is 20.6. The van der Waals surface area contributed by atoms with Gasteiger partial charge in [0.1, 0.15) is 10.6 Å². The summed E-state index contributed by atoms with van der Waals surface area (Å²) < 4.78 is 34.0. The molecule has 0 aromatic heterocycles. The fourth-order valence-electron chi connectivity index (χ4n) is 4.59. The Morgan fingerprint density at radius 2 is 2.00 bits per heavy atom. The number of sulfonamides is 1. The molecule has 0 aliphatic carbocycles. The highest BCUT2D eigenvalue weighted by Crippen LogP contribution is 2.39. The predicted octanol–water partition coefficient (Wildman–Crippen LogP) is 0.811. The molecule has 1 spiro atoms. The molecule has 2 fully saturated rings. The van der Waals surface area contributed by atoms with E-state index in [1.165, 1.54) is 0 Å². The normalized spacial score (nSPS) is 29.0. The van der Waals surface area contributed by atoms with Crippen molar-refractivity contribution >= 4 is 15.9 Å². The number of nitrogens with zero attached hydrogens (tertiary/aromatic N) is 2. The largest absolute Gasteiger partial charge is 0.492 e. The van der Waals surface area contributed by atoms with Crippen LogP contribution in [0.4, 0.5) is 0 Å². The Morgan fingerprint density at radius 3 is 2.66 bits per heavy atom. The number of fused-ring (bicyclic) bond motifs is 1. The summed E-state index contributed by atoms with van der Waals surface area (Å²) in [5, 5.41) is 0. The highest BCUT2D eigenvalue weighted by atomic mass is 32.2. The minimum absolute atomic E-state index is 0.0583. The third kappa shape index (κ3) is 3.76. The molecule has 1 amide bonds. The number of benzene rings is 1. The number of nitrogens with one attached hydrogen (secondary N) is 2. The monoisotopic (exact) mass is 422 g/mol. The summed E-state index contributed by atoms with van der Waals surface area (Å²) in [6.07, 6.45) is 1.46. The van der Waals surface area contributed by atoms with Crippen LogP contribution >= 0.6 is 0 Å². The predicted molar refractivity (Wildman–Crippen MR) is 109 cm³/mol. The van der Waals surface area contributed by atoms with Gasteiger partial charge >= 0.3 is 0 Å². The lowest BCUT2D eigenvalue weighted by molar-refractivity contribution is -0.138. The molecule has 4 rings (SSSR count). The van der Waals surface area contributed by atoms with Gasteiger partial charge in [-0.05, 0) is 31.9 Å². The van der Waals surface area contributed by atoms with Gasteiger partial charge in [0.05, 0.1) is 12.5 Å². The van der Waals surface area contributed by atoms with Gasteiger partial charge in [-0.25, -0.2) is 8.42 Å². The van der Waals surface area contributed by atoms with Crippen molar-refractivity contribution in [2.24, 2.45) is 11.3 Å². The van der Waals surface area contributed by atoms with Crippen molar-refractivity contribution in [2.75, 3.05) is 39.3 Å². The fourth-order valence-corrected chi connectivity index (χ4v) is 6.28. The van der Waals surface area contributed by atoms with E-state index in [4.69, 9.17) is 4.74 Å². The average molecular weight is 423 g/mol. The fraction of sp³-hybridized carbons (Fsp3) is 0.650. The number of carbonyl (C=O) groups is 1. The summed E-state index contributed by atoms with van der Waals surface area (Å²) in [4.78, 5) is 15.1. The van der Waals surface area contributed by atoms with Gasteiger partial charge in [-0.3, -0.25) is 15.6 Å². The Bertz CT molecular complexity index is 867. The lowest BCUT2D eigenvalue weighted by atomic mass is 9.78. The highest BCUT2D eigenvalue weighted by Gasteiger charge is 2.44. The zero-order valence-corrected chi connectivity index (χ0v) is 17.9. The lowest BCUT2D eigenvalue weighted by Crippen LogP contribution is -2.53. The summed E-state index contributed by atoms with van der Waals surface area (Å²) in [6.45, 7) is 7.08. The van der Waals surface area contributed by atoms with E-state index in [0.717, 1.165) is 12.8 Å². The molecule has 0 radical (unpaired) electrons. The van der Waals surface area contributed by atoms with E-state index in [9.17, 15) is 13.2 Å². The average Bonchev–Trinajstić information content (AvgIpc) is 3.16. The number of hydrogen-bond acceptors (Lipinski definition) is 6. The number of para-hydroxylation sites is 1. The van der Waals surface area contributed by atoms with Crippen LogP contribution in [0.3, 0.4) is 0 Å². The van der Waals surface area contributed by atoms with E-state index in [-0.39, 0.29) is 28.2 Å². The van der Waals surface area contributed by atoms with E-state index in [1.54, 1.807) is 28.6 Å². The number of likely N-dealkylation sites (tertiary alicyclic amines) is 1. The van der Waals surface area contributed by atoms with Crippen LogP contribution in [-0.4, -0.2) is 68.9 Å². The molecule has 1 aromatic rings. The van der Waals surface area contributed by atoms with Gasteiger partial charge in [0, 0.05) is 44.2 Å². The van der Waals surface area contributed by atoms with Crippen LogP contribution in [-0.2, 0) is 14.8 Å². The van der Waals surface area contributed by atoms with Gasteiger partial charge in [0.15, 0.2) is 0 Å². The number of rotatable bonds is 2. The number of ether oxygens (including phenoxy) is 1. The molecule has 2 unspecified atom stereocenters. The third-order valence-electron chi connectivity index (χ3n) is 6.57. The number of hydrazine groups is 1. The van der Waals surface area contributed by atoms with Crippen LogP contribution in [0, 0.1) is 11.3 Å². The quantitative estimate of drug-likeness (QED) is 0.733. The summed E-state index contributed by atoms with van der Waals surface area (Å²) in [5.41, 5.74) is 5.87. The Labute approximate surface area is 172 Å². The highest BCUT2D eigenvalue weighted by molar-refractivity contribution is 7.89. The topological polar surface area (TPSA) is 91.0 Å². The molecule has 3 heterocycles. The first-order valence-electron chi connectivity index (χ1n) is 10.4. The summed E-state index contributed by atoms with van der Waals surface area (Å²) in [7, 11) is -3.61. The number of amides is 1. The molecule has 3 aliphatic rings. The van der Waals surface area contributed by atoms with Crippen molar-refractivity contribution in [1.82, 2.24) is 20.1 Å². The smallest absolute Gasteiger partial charge is 0.246 e. The van der Waals surface area contributed by atoms with Crippen LogP contribution < -0.4 is 15.6 Å². The molecule has 0 saturated carbocycles. The second kappa shape index (κ2) is 7.86. The third-order valence-corrected chi connectivity index (χ3v) is 8.53. The van der Waals surface area contributed by atoms with E-state index < -0.39 is 10.0 Å². The van der Waals surface area contributed by atoms with Crippen LogP contribution in [0.5, 0.6) is 5.75 Å². The van der Waals surface area contributed by atoms with Crippen molar-refractivity contribution < 1.29 is 17.9 Å². The molecule has 2 N–H and O–H groups in total. The van der Waals surface area contributed by atoms with Crippen LogP contribution in [0.1, 0.15) is 26.7 Å². The standard InChI is InChI=1S/C20H30N4O4S/c1-3-24-13-20(14-28-17-6-4-5-7-18(17)29(24,26)27)8-10-23(11-9-20)19(25)16-12-21-22-15(16)2/h4-7,15-16,21-22H,3,8-14H2,1-2H3. The number of carbonyl (C=O) groups excluding carboxylic acids is 1. The van der Waals surface area contributed by atoms with Gasteiger partial charge in [-0.2, -0.15) is 4.31 Å². The van der Waals surface area contributed by atoms with Crippen LogP contribution in [0.2, 0.25) is 0 Å². The van der Waals surface area contributed by atoms with E-state index in [2.05, 4.69) is 10.9 Å². The maximum Gasteiger partial charge on any atom is 0.246 e. The van der Waals surface area contributed by atoms with Gasteiger partial charge in [-0.15, -0.1) is 0 Å². The first-order chi connectivity index (χ1) is 13.9. The molecule has 9 heteroatoms. The molecule has 1 aromatic carbocycles. The van der Waals surface area contributed by atoms with Gasteiger partial charge in [-0.1, -0.05) is 19.1 Å². The number of piperidine rings is 1. The van der Waals surface area contributed by atoms with Gasteiger partial charge in [0.25, 0.3) is 0 Å². The van der Waals surface area contributed by atoms with Gasteiger partial charge in [0.2, 0.25) is 15.9 Å². The van der Waals surface area contributed by atoms with E-state index in [0.29, 0.717) is 45.1 Å². The van der Waals surface area contributed by atoms with Crippen molar-refractivity contribution in [3.05, 3.63) is 24.3 Å². The van der Waals surface area contributed by atoms with Gasteiger partial charge < -0.3 is 9.64 Å². The molecule has 2 atom stereocenters. The SMILES string of the molecule is CCN1CC2(CCN(C(=O)C3CNNC3C)CC2)COc2ccccc2S1(=O)=O. The maximum atomic E-state index is 13.2. The molecule has 3 aliphatic heterocycles. The second-order valence-corrected chi connectivity index (χ2v) is 10.3. The molecular weight excluding hydrogens is 392 g/mol. The Kier molecular flexibility index (Phi) is 5.58. The summed E-state index contributed by atoms with van der Waals surface area (Å²) in [5.74, 6) is 0.527. The van der Waals surface area contributed by atoms with Crippen LogP contribution in [0.15, 0.2) is 29.2 Å². The molecule has 0 bridgehead atoms. The number of hydrogen-bond donors (Lipinski definition) is 2. The van der Waals surface area contributed by atoms with E-state index in [1.807, 2.05) is 18.7 Å². The lowest BCUT2D eigenvalue weighted by Gasteiger charge is -2.45. The molecule has 29 heavy (non-hydrogen) atoms. The van der Waals surface area contributed by atoms with Crippen LogP contribution in [0.25, 0.3) is 0 Å². The summed E-state index contributed by atoms with van der Waals surface area (Å²) >= 11 is 0. The van der Waals surface area contributed by atoms with Crippen molar-refractivity contribution in [3.63, 3.8) is 0 Å². The molecule has 8 nitrogen and oxygen atoms in total. The van der Waals surface area contributed by atoms with Crippen molar-refractivity contribution in [1.29, 1.82) is 0 Å². The minimum atomic E-state index is -3.61. The Morgan fingerprint density at radius 1 is 1.28 bits per heavy atom. The van der Waals surface area contributed by atoms with Crippen molar-refractivity contribution in [2.45, 2.75) is 37.6 Å². The Balaban J connectivity index is 1.53.